The SMILES string of the molecule is CC1C(OC2OC(CNCCO)C(O)C(O)C2N)C(N)CC(NC(=O)C(O)CCCCN)C1OC1OC(CO)C(O)CC1O. The molecule has 258 valence electrons. The predicted molar refractivity (Wildman–Crippen MR) is 153 cm³/mol. The topological polar surface area (TPSA) is 298 Å². The van der Waals surface area contributed by atoms with Crippen molar-refractivity contribution in [1.82, 2.24) is 10.6 Å². The number of aliphatic hydroxyl groups is 7. The lowest BCUT2D eigenvalue weighted by molar-refractivity contribution is -0.310. The van der Waals surface area contributed by atoms with Gasteiger partial charge in [0.2, 0.25) is 5.91 Å². The summed E-state index contributed by atoms with van der Waals surface area (Å²) in [5, 5.41) is 76.7. The monoisotopic (exact) mass is 639 g/mol. The van der Waals surface area contributed by atoms with Crippen LogP contribution in [-0.2, 0) is 23.7 Å². The molecule has 15 unspecified atom stereocenters. The first kappa shape index (κ1) is 37.3. The summed E-state index contributed by atoms with van der Waals surface area (Å²) >= 11 is 0. The van der Waals surface area contributed by atoms with Crippen LogP contribution in [0.3, 0.4) is 0 Å². The first-order valence-corrected chi connectivity index (χ1v) is 15.4. The van der Waals surface area contributed by atoms with Crippen molar-refractivity contribution < 1.29 is 59.5 Å². The van der Waals surface area contributed by atoms with Crippen LogP contribution in [0.15, 0.2) is 0 Å². The molecule has 17 heteroatoms. The molecule has 2 heterocycles. The Hall–Kier alpha value is -1.13. The molecular weight excluding hydrogens is 586 g/mol. The van der Waals surface area contributed by atoms with Crippen LogP contribution in [0.25, 0.3) is 0 Å². The van der Waals surface area contributed by atoms with Gasteiger partial charge in [-0.3, -0.25) is 4.79 Å². The number of nitrogens with one attached hydrogen (secondary N) is 2. The van der Waals surface area contributed by atoms with Gasteiger partial charge in [0.05, 0.1) is 43.6 Å². The predicted octanol–water partition coefficient (Wildman–Crippen LogP) is -5.72. The Bertz CT molecular complexity index is 866. The van der Waals surface area contributed by atoms with E-state index in [1.807, 2.05) is 0 Å². The van der Waals surface area contributed by atoms with E-state index < -0.39 is 104 Å². The molecule has 15 N–H and O–H groups in total. The van der Waals surface area contributed by atoms with Crippen LogP contribution < -0.4 is 27.8 Å². The molecule has 0 aromatic heterocycles. The van der Waals surface area contributed by atoms with Crippen LogP contribution in [0.5, 0.6) is 0 Å². The van der Waals surface area contributed by atoms with Gasteiger partial charge in [0.25, 0.3) is 0 Å². The largest absolute Gasteiger partial charge is 0.395 e. The van der Waals surface area contributed by atoms with Gasteiger partial charge < -0.3 is 82.5 Å². The zero-order valence-corrected chi connectivity index (χ0v) is 25.1. The van der Waals surface area contributed by atoms with Crippen molar-refractivity contribution in [2.24, 2.45) is 23.1 Å². The molecule has 3 fully saturated rings. The van der Waals surface area contributed by atoms with Crippen LogP contribution in [0.4, 0.5) is 0 Å². The minimum Gasteiger partial charge on any atom is -0.395 e. The normalized spacial score (nSPS) is 42.2. The standard InChI is InChI=1S/C27H53N5O12/c1-12-23(43-27-20(30)22(39)21(38)18(41-27)10-31-6-7-33)13(29)8-14(32-25(40)15(35)4-2-3-5-28)24(12)44-26-17(37)9-16(36)19(11-34)42-26/h12-24,26-27,31,33-39H,2-11,28-30H2,1H3,(H,32,40). The zero-order chi connectivity index (χ0) is 32.6. The van der Waals surface area contributed by atoms with Gasteiger partial charge in [-0.15, -0.1) is 0 Å². The molecule has 17 nitrogen and oxygen atoms in total. The molecule has 2 saturated heterocycles. The van der Waals surface area contributed by atoms with Crippen molar-refractivity contribution in [3.05, 3.63) is 0 Å². The third kappa shape index (κ3) is 9.46. The minimum absolute atomic E-state index is 0.0971. The molecule has 2 aliphatic heterocycles. The van der Waals surface area contributed by atoms with Gasteiger partial charge in [-0.25, -0.2) is 0 Å². The first-order valence-electron chi connectivity index (χ1n) is 15.4. The van der Waals surface area contributed by atoms with E-state index in [9.17, 15) is 35.4 Å². The number of hydrogen-bond acceptors (Lipinski definition) is 16. The molecule has 3 rings (SSSR count). The van der Waals surface area contributed by atoms with Crippen LogP contribution >= 0.6 is 0 Å². The van der Waals surface area contributed by atoms with E-state index in [1.54, 1.807) is 6.92 Å². The highest BCUT2D eigenvalue weighted by Gasteiger charge is 2.50. The van der Waals surface area contributed by atoms with E-state index in [0.717, 1.165) is 0 Å². The van der Waals surface area contributed by atoms with E-state index in [2.05, 4.69) is 10.6 Å². The van der Waals surface area contributed by atoms with E-state index in [4.69, 9.17) is 41.3 Å². The van der Waals surface area contributed by atoms with Gasteiger partial charge in [-0.2, -0.15) is 0 Å². The number of carbonyl (C=O) groups is 1. The summed E-state index contributed by atoms with van der Waals surface area (Å²) in [6.45, 7) is 1.85. The maximum atomic E-state index is 12.9. The van der Waals surface area contributed by atoms with Crippen LogP contribution in [0, 0.1) is 5.92 Å². The number of ether oxygens (including phenoxy) is 4. The quantitative estimate of drug-likeness (QED) is 0.0743. The fourth-order valence-electron chi connectivity index (χ4n) is 6.01. The first-order chi connectivity index (χ1) is 20.9. The van der Waals surface area contributed by atoms with Crippen molar-refractivity contribution >= 4 is 5.91 Å². The summed E-state index contributed by atoms with van der Waals surface area (Å²) < 4.78 is 24.0. The fourth-order valence-corrected chi connectivity index (χ4v) is 6.01. The van der Waals surface area contributed by atoms with Crippen LogP contribution in [0.2, 0.25) is 0 Å². The molecule has 1 aliphatic carbocycles. The Balaban J connectivity index is 1.80. The Morgan fingerprint density at radius 3 is 2.30 bits per heavy atom. The molecule has 15 atom stereocenters. The maximum Gasteiger partial charge on any atom is 0.249 e. The molecule has 44 heavy (non-hydrogen) atoms. The third-order valence-corrected chi connectivity index (χ3v) is 8.62. The van der Waals surface area contributed by atoms with Crippen molar-refractivity contribution in [2.75, 3.05) is 32.8 Å². The van der Waals surface area contributed by atoms with Crippen molar-refractivity contribution in [2.45, 2.75) is 125 Å². The highest BCUT2D eigenvalue weighted by atomic mass is 16.7. The van der Waals surface area contributed by atoms with Gasteiger partial charge >= 0.3 is 0 Å². The van der Waals surface area contributed by atoms with E-state index in [0.29, 0.717) is 19.4 Å². The zero-order valence-electron chi connectivity index (χ0n) is 25.1. The number of hydrogen-bond donors (Lipinski definition) is 12. The Labute approximate surface area is 257 Å². The Kier molecular flexibility index (Phi) is 15.0. The number of rotatable bonds is 15. The number of carbonyl (C=O) groups excluding carboxylic acids is 1. The Morgan fingerprint density at radius 1 is 0.955 bits per heavy atom. The number of amides is 1. The molecule has 0 spiro atoms. The molecule has 3 aliphatic rings. The van der Waals surface area contributed by atoms with Gasteiger partial charge in [0.1, 0.15) is 36.6 Å². The number of nitrogens with two attached hydrogens (primary N) is 3. The smallest absolute Gasteiger partial charge is 0.249 e. The van der Waals surface area contributed by atoms with Crippen LogP contribution in [-0.4, -0.2) is 160 Å². The van der Waals surface area contributed by atoms with Crippen molar-refractivity contribution in [3.8, 4) is 0 Å². The third-order valence-electron chi connectivity index (χ3n) is 8.62. The summed E-state index contributed by atoms with van der Waals surface area (Å²) in [7, 11) is 0. The van der Waals surface area contributed by atoms with E-state index in [1.165, 1.54) is 0 Å². The van der Waals surface area contributed by atoms with Crippen LogP contribution in [0.1, 0.15) is 39.0 Å². The fraction of sp³-hybridized carbons (Fsp3) is 0.963. The molecule has 0 aromatic carbocycles. The summed E-state index contributed by atoms with van der Waals surface area (Å²) in [6.07, 6.45) is -11.1. The molecule has 0 radical (unpaired) electrons. The Morgan fingerprint density at radius 2 is 1.64 bits per heavy atom. The lowest BCUT2D eigenvalue weighted by atomic mass is 9.78. The van der Waals surface area contributed by atoms with Gasteiger partial charge in [-0.05, 0) is 32.2 Å². The van der Waals surface area contributed by atoms with Gasteiger partial charge in [0, 0.05) is 31.5 Å². The molecule has 0 aromatic rings. The summed E-state index contributed by atoms with van der Waals surface area (Å²) in [5.74, 6) is -1.26. The average Bonchev–Trinajstić information content (AvgIpc) is 2.99. The molecular formula is C27H53N5O12. The highest BCUT2D eigenvalue weighted by molar-refractivity contribution is 5.80. The second-order valence-electron chi connectivity index (χ2n) is 12.0. The second kappa shape index (κ2) is 17.7. The molecule has 1 saturated carbocycles. The number of aliphatic hydroxyl groups excluding tert-OH is 7. The molecule has 1 amide bonds. The second-order valence-corrected chi connectivity index (χ2v) is 12.0. The summed E-state index contributed by atoms with van der Waals surface area (Å²) in [6, 6.07) is -2.63. The van der Waals surface area contributed by atoms with E-state index in [-0.39, 0.29) is 39.0 Å². The van der Waals surface area contributed by atoms with Crippen molar-refractivity contribution in [3.63, 3.8) is 0 Å². The summed E-state index contributed by atoms with van der Waals surface area (Å²) in [5.41, 5.74) is 18.2. The van der Waals surface area contributed by atoms with E-state index >= 15 is 0 Å². The lowest BCUT2D eigenvalue weighted by Crippen LogP contribution is -2.67. The minimum atomic E-state index is -1.39. The molecule has 0 bridgehead atoms. The lowest BCUT2D eigenvalue weighted by Gasteiger charge is -2.49. The average molecular weight is 640 g/mol. The maximum absolute atomic E-state index is 12.9. The van der Waals surface area contributed by atoms with Gasteiger partial charge in [-0.1, -0.05) is 6.92 Å². The van der Waals surface area contributed by atoms with Gasteiger partial charge in [0.15, 0.2) is 12.6 Å². The number of unbranched alkanes of at least 4 members (excludes halogenated alkanes) is 1. The summed E-state index contributed by atoms with van der Waals surface area (Å²) in [4.78, 5) is 12.9. The van der Waals surface area contributed by atoms with Crippen molar-refractivity contribution in [1.29, 1.82) is 0 Å². The highest BCUT2D eigenvalue weighted by Crippen LogP contribution is 2.35.